The topological polar surface area (TPSA) is 75.4 Å². The third-order valence-corrected chi connectivity index (χ3v) is 2.03. The fourth-order valence-corrected chi connectivity index (χ4v) is 1.28. The Bertz CT molecular complexity index is 439. The number of hydrogen-bond acceptors (Lipinski definition) is 3. The summed E-state index contributed by atoms with van der Waals surface area (Å²) < 4.78 is 0. The van der Waals surface area contributed by atoms with Gasteiger partial charge in [0, 0.05) is 0 Å². The van der Waals surface area contributed by atoms with Crippen LogP contribution < -0.4 is 11.2 Å². The number of imide groups is 1. The molecule has 3 N–H and O–H groups in total. The van der Waals surface area contributed by atoms with E-state index in [0.29, 0.717) is 0 Å². The van der Waals surface area contributed by atoms with Gasteiger partial charge in [-0.25, -0.2) is 15.6 Å². The fraction of sp³-hybridized carbons (Fsp3) is 0. The summed E-state index contributed by atoms with van der Waals surface area (Å²) in [5.74, 6) is 4.91. The summed E-state index contributed by atoms with van der Waals surface area (Å²) in [6.07, 6.45) is 1.56. The molecule has 5 heteroatoms. The second-order valence-electron chi connectivity index (χ2n) is 3.07. The summed E-state index contributed by atoms with van der Waals surface area (Å²) in [6.45, 7) is 0. The van der Waals surface area contributed by atoms with Crippen molar-refractivity contribution >= 4 is 18.0 Å². The van der Waals surface area contributed by atoms with E-state index in [-0.39, 0.29) is 5.70 Å². The van der Waals surface area contributed by atoms with Crippen LogP contribution in [0.5, 0.6) is 0 Å². The third-order valence-electron chi connectivity index (χ3n) is 2.03. The molecule has 15 heavy (non-hydrogen) atoms. The molecular formula is C10H9N3O2. The van der Waals surface area contributed by atoms with Gasteiger partial charge in [0.15, 0.2) is 0 Å². The third kappa shape index (κ3) is 1.72. The van der Waals surface area contributed by atoms with E-state index in [0.717, 1.165) is 10.6 Å². The molecule has 3 amide bonds. The second-order valence-corrected chi connectivity index (χ2v) is 3.07. The van der Waals surface area contributed by atoms with Crippen molar-refractivity contribution in [1.29, 1.82) is 0 Å². The van der Waals surface area contributed by atoms with Gasteiger partial charge in [-0.3, -0.25) is 10.1 Å². The highest BCUT2D eigenvalue weighted by Crippen LogP contribution is 2.12. The highest BCUT2D eigenvalue weighted by Gasteiger charge is 2.30. The molecule has 0 aliphatic carbocycles. The Labute approximate surface area is 86.1 Å². The van der Waals surface area contributed by atoms with Crippen molar-refractivity contribution < 1.29 is 9.59 Å². The Balaban J connectivity index is 2.35. The second kappa shape index (κ2) is 3.55. The Hall–Kier alpha value is -2.14. The van der Waals surface area contributed by atoms with Crippen molar-refractivity contribution in [3.63, 3.8) is 0 Å². The molecule has 76 valence electrons. The first-order valence-electron chi connectivity index (χ1n) is 4.35. The summed E-state index contributed by atoms with van der Waals surface area (Å²) in [5, 5.41) is 2.89. The molecule has 0 bridgehead atoms. The number of urea groups is 1. The Morgan fingerprint density at radius 3 is 2.40 bits per heavy atom. The summed E-state index contributed by atoms with van der Waals surface area (Å²) in [5.41, 5.74) is 0.957. The zero-order valence-corrected chi connectivity index (χ0v) is 7.81. The number of nitrogens with one attached hydrogen (secondary N) is 1. The summed E-state index contributed by atoms with van der Waals surface area (Å²) in [7, 11) is 0. The van der Waals surface area contributed by atoms with Gasteiger partial charge < -0.3 is 0 Å². The van der Waals surface area contributed by atoms with Gasteiger partial charge in [-0.1, -0.05) is 30.3 Å². The zero-order valence-electron chi connectivity index (χ0n) is 7.81. The van der Waals surface area contributed by atoms with Crippen LogP contribution in [0, 0.1) is 0 Å². The van der Waals surface area contributed by atoms with Crippen LogP contribution in [0.4, 0.5) is 4.79 Å². The van der Waals surface area contributed by atoms with Gasteiger partial charge in [0.05, 0.1) is 0 Å². The minimum atomic E-state index is -0.609. The molecule has 0 radical (unpaired) electrons. The van der Waals surface area contributed by atoms with Crippen LogP contribution in [-0.4, -0.2) is 16.9 Å². The predicted molar refractivity (Wildman–Crippen MR) is 54.0 cm³/mol. The molecule has 2 rings (SSSR count). The van der Waals surface area contributed by atoms with Crippen molar-refractivity contribution in [1.82, 2.24) is 10.3 Å². The normalized spacial score (nSPS) is 18.5. The Morgan fingerprint density at radius 2 is 1.87 bits per heavy atom. The number of nitrogens with two attached hydrogens (primary N) is 1. The highest BCUT2D eigenvalue weighted by molar-refractivity contribution is 6.13. The van der Waals surface area contributed by atoms with E-state index in [9.17, 15) is 9.59 Å². The van der Waals surface area contributed by atoms with Crippen LogP contribution in [0.1, 0.15) is 5.56 Å². The average Bonchev–Trinajstić information content (AvgIpc) is 2.47. The van der Waals surface area contributed by atoms with Crippen LogP contribution in [-0.2, 0) is 4.79 Å². The predicted octanol–water partition coefficient (Wildman–Crippen LogP) is 0.453. The Kier molecular flexibility index (Phi) is 2.23. The standard InChI is InChI=1S/C10H9N3O2/c11-13-8(9(14)12-10(13)15)6-7-4-2-1-3-5-7/h1-6H,11H2,(H,12,14,15). The molecule has 5 nitrogen and oxygen atoms in total. The van der Waals surface area contributed by atoms with Crippen molar-refractivity contribution in [3.8, 4) is 0 Å². The average molecular weight is 203 g/mol. The molecule has 0 spiro atoms. The Morgan fingerprint density at radius 1 is 1.20 bits per heavy atom. The molecule has 1 aliphatic rings. The molecule has 1 aromatic carbocycles. The van der Waals surface area contributed by atoms with E-state index in [1.165, 1.54) is 0 Å². The summed E-state index contributed by atoms with van der Waals surface area (Å²) in [6, 6.07) is 8.56. The maximum atomic E-state index is 11.3. The number of amides is 3. The van der Waals surface area contributed by atoms with E-state index >= 15 is 0 Å². The largest absolute Gasteiger partial charge is 0.343 e. The first-order valence-corrected chi connectivity index (χ1v) is 4.35. The smallest absolute Gasteiger partial charge is 0.271 e. The molecule has 0 aromatic heterocycles. The number of nitrogens with zero attached hydrogens (tertiary/aromatic N) is 1. The fourth-order valence-electron chi connectivity index (χ4n) is 1.28. The van der Waals surface area contributed by atoms with Gasteiger partial charge in [-0.2, -0.15) is 0 Å². The van der Waals surface area contributed by atoms with Crippen LogP contribution >= 0.6 is 0 Å². The SMILES string of the molecule is NN1C(=O)NC(=O)C1=Cc1ccccc1. The lowest BCUT2D eigenvalue weighted by molar-refractivity contribution is -0.116. The van der Waals surface area contributed by atoms with E-state index < -0.39 is 11.9 Å². The van der Waals surface area contributed by atoms with Crippen LogP contribution in [0.2, 0.25) is 0 Å². The van der Waals surface area contributed by atoms with Crippen LogP contribution in [0.25, 0.3) is 6.08 Å². The van der Waals surface area contributed by atoms with Gasteiger partial charge in [-0.05, 0) is 11.6 Å². The zero-order chi connectivity index (χ0) is 10.8. The first kappa shape index (κ1) is 9.42. The van der Waals surface area contributed by atoms with Gasteiger partial charge >= 0.3 is 6.03 Å². The lowest BCUT2D eigenvalue weighted by Gasteiger charge is -2.05. The number of hydrazine groups is 1. The van der Waals surface area contributed by atoms with Gasteiger partial charge in [0.2, 0.25) is 0 Å². The van der Waals surface area contributed by atoms with Gasteiger partial charge in [0.25, 0.3) is 5.91 Å². The van der Waals surface area contributed by atoms with Crippen molar-refractivity contribution in [2.75, 3.05) is 0 Å². The number of carbonyl (C=O) groups excluding carboxylic acids is 2. The molecule has 1 aliphatic heterocycles. The van der Waals surface area contributed by atoms with Crippen molar-refractivity contribution in [2.24, 2.45) is 5.84 Å². The van der Waals surface area contributed by atoms with Crippen LogP contribution in [0.3, 0.4) is 0 Å². The maximum Gasteiger partial charge on any atom is 0.343 e. The lowest BCUT2D eigenvalue weighted by Crippen LogP contribution is -2.33. The minimum Gasteiger partial charge on any atom is -0.271 e. The molecule has 1 fully saturated rings. The molecule has 1 heterocycles. The molecule has 0 unspecified atom stereocenters. The van der Waals surface area contributed by atoms with Gasteiger partial charge in [0.1, 0.15) is 5.70 Å². The molecular weight excluding hydrogens is 194 g/mol. The number of benzene rings is 1. The van der Waals surface area contributed by atoms with Crippen molar-refractivity contribution in [2.45, 2.75) is 0 Å². The monoisotopic (exact) mass is 203 g/mol. The molecule has 1 saturated heterocycles. The van der Waals surface area contributed by atoms with E-state index in [1.54, 1.807) is 6.08 Å². The minimum absolute atomic E-state index is 0.145. The maximum absolute atomic E-state index is 11.3. The number of hydrogen-bond donors (Lipinski definition) is 2. The van der Waals surface area contributed by atoms with Gasteiger partial charge in [-0.15, -0.1) is 0 Å². The van der Waals surface area contributed by atoms with E-state index in [1.807, 2.05) is 30.3 Å². The van der Waals surface area contributed by atoms with Crippen molar-refractivity contribution in [3.05, 3.63) is 41.6 Å². The quantitative estimate of drug-likeness (QED) is 0.301. The molecule has 0 atom stereocenters. The first-order chi connectivity index (χ1) is 7.18. The van der Waals surface area contributed by atoms with E-state index in [4.69, 9.17) is 5.84 Å². The summed E-state index contributed by atoms with van der Waals surface area (Å²) in [4.78, 5) is 22.3. The molecule has 1 aromatic rings. The van der Waals surface area contributed by atoms with E-state index in [2.05, 4.69) is 5.32 Å². The molecule has 0 saturated carbocycles. The number of rotatable bonds is 1. The summed E-state index contributed by atoms with van der Waals surface area (Å²) >= 11 is 0. The number of carbonyl (C=O) groups is 2. The lowest BCUT2D eigenvalue weighted by atomic mass is 10.2. The highest BCUT2D eigenvalue weighted by atomic mass is 16.2. The van der Waals surface area contributed by atoms with Crippen LogP contribution in [0.15, 0.2) is 36.0 Å².